The lowest BCUT2D eigenvalue weighted by molar-refractivity contribution is 0.0781. The molecule has 3 unspecified atom stereocenters. The largest absolute Gasteiger partial charge is 0.374 e. The van der Waals surface area contributed by atoms with Crippen molar-refractivity contribution in [3.63, 3.8) is 0 Å². The first-order valence-corrected chi connectivity index (χ1v) is 6.16. The third-order valence-electron chi connectivity index (χ3n) is 2.65. The van der Waals surface area contributed by atoms with Crippen molar-refractivity contribution >= 4 is 10.1 Å². The van der Waals surface area contributed by atoms with Gasteiger partial charge < -0.3 is 4.74 Å². The number of hydrogen-bond acceptors (Lipinski definition) is 4. The van der Waals surface area contributed by atoms with Gasteiger partial charge in [-0.05, 0) is 6.42 Å². The van der Waals surface area contributed by atoms with Crippen LogP contribution < -0.4 is 0 Å². The van der Waals surface area contributed by atoms with Crippen molar-refractivity contribution in [1.29, 1.82) is 0 Å². The minimum atomic E-state index is -3.33. The van der Waals surface area contributed by atoms with Crippen molar-refractivity contribution in [1.82, 2.24) is 0 Å². The summed E-state index contributed by atoms with van der Waals surface area (Å²) in [4.78, 5) is 0. The molecule has 3 atom stereocenters. The zero-order valence-electron chi connectivity index (χ0n) is 7.60. The van der Waals surface area contributed by atoms with E-state index in [1.54, 1.807) is 0 Å². The third-order valence-corrected chi connectivity index (χ3v) is 4.41. The zero-order valence-corrected chi connectivity index (χ0v) is 8.42. The minimum Gasteiger partial charge on any atom is -0.374 e. The van der Waals surface area contributed by atoms with Crippen molar-refractivity contribution in [2.24, 2.45) is 0 Å². The second-order valence-corrected chi connectivity index (χ2v) is 5.36. The molecule has 2 aliphatic heterocycles. The number of ether oxygens (including phenoxy) is 1. The summed E-state index contributed by atoms with van der Waals surface area (Å²) >= 11 is 0. The molecule has 0 bridgehead atoms. The van der Waals surface area contributed by atoms with Crippen LogP contribution >= 0.6 is 0 Å². The number of hydrogen-bond donors (Lipinski definition) is 0. The van der Waals surface area contributed by atoms with Gasteiger partial charge in [-0.2, -0.15) is 8.42 Å². The average molecular weight is 206 g/mol. The van der Waals surface area contributed by atoms with Gasteiger partial charge in [0.2, 0.25) is 0 Å². The molecule has 2 aliphatic rings. The van der Waals surface area contributed by atoms with Crippen LogP contribution in [0, 0.1) is 0 Å². The fourth-order valence-electron chi connectivity index (χ4n) is 2.04. The molecule has 0 aromatic heterocycles. The van der Waals surface area contributed by atoms with Crippen molar-refractivity contribution in [3.05, 3.63) is 0 Å². The Morgan fingerprint density at radius 3 is 2.92 bits per heavy atom. The van der Waals surface area contributed by atoms with Gasteiger partial charge >= 0.3 is 0 Å². The Hall–Kier alpha value is -0.130. The van der Waals surface area contributed by atoms with Crippen molar-refractivity contribution in [2.45, 2.75) is 43.6 Å². The summed E-state index contributed by atoms with van der Waals surface area (Å²) in [7, 11) is -3.33. The summed E-state index contributed by atoms with van der Waals surface area (Å²) in [5.41, 5.74) is 0. The van der Waals surface area contributed by atoms with Crippen LogP contribution in [0.25, 0.3) is 0 Å². The van der Waals surface area contributed by atoms with Gasteiger partial charge in [-0.15, -0.1) is 0 Å². The van der Waals surface area contributed by atoms with Crippen LogP contribution in [-0.4, -0.2) is 32.5 Å². The Morgan fingerprint density at radius 2 is 2.23 bits per heavy atom. The highest BCUT2D eigenvalue weighted by Crippen LogP contribution is 2.35. The molecule has 2 heterocycles. The molecule has 0 aromatic rings. The predicted molar refractivity (Wildman–Crippen MR) is 46.8 cm³/mol. The lowest BCUT2D eigenvalue weighted by atomic mass is 10.1. The second kappa shape index (κ2) is 3.22. The summed E-state index contributed by atoms with van der Waals surface area (Å²) < 4.78 is 33.3. The van der Waals surface area contributed by atoms with Gasteiger partial charge in [0.1, 0.15) is 17.5 Å². The quantitative estimate of drug-likeness (QED) is 0.623. The van der Waals surface area contributed by atoms with Gasteiger partial charge in [0.25, 0.3) is 10.1 Å². The van der Waals surface area contributed by atoms with Gasteiger partial charge in [-0.3, -0.25) is 4.18 Å². The molecular formula is C8H14O4S. The molecule has 0 amide bonds. The van der Waals surface area contributed by atoms with Gasteiger partial charge in [0, 0.05) is 13.0 Å². The summed E-state index contributed by atoms with van der Waals surface area (Å²) in [6.45, 7) is 2.60. The molecule has 5 heteroatoms. The Balaban J connectivity index is 2.20. The minimum absolute atomic E-state index is 0.204. The lowest BCUT2D eigenvalue weighted by Gasteiger charge is -2.12. The van der Waals surface area contributed by atoms with Crippen LogP contribution in [-0.2, 0) is 19.0 Å². The molecule has 0 saturated carbocycles. The molecular weight excluding hydrogens is 192 g/mol. The summed E-state index contributed by atoms with van der Waals surface area (Å²) in [6, 6.07) is 0. The first-order chi connectivity index (χ1) is 6.15. The standard InChI is InChI=1S/C8H14O4S/c1-2-3-7-8-6(4-5-11-8)12-13(7,9)10/h6-8H,2-5H2,1H3. The molecule has 13 heavy (non-hydrogen) atoms. The fraction of sp³-hybridized carbons (Fsp3) is 1.00. The highest BCUT2D eigenvalue weighted by molar-refractivity contribution is 7.87. The van der Waals surface area contributed by atoms with E-state index in [2.05, 4.69) is 0 Å². The van der Waals surface area contributed by atoms with Crippen LogP contribution in [0.4, 0.5) is 0 Å². The number of fused-ring (bicyclic) bond motifs is 1. The molecule has 0 spiro atoms. The first kappa shape index (κ1) is 9.43. The van der Waals surface area contributed by atoms with Gasteiger partial charge in [-0.1, -0.05) is 13.3 Å². The molecule has 2 saturated heterocycles. The molecule has 0 N–H and O–H groups in total. The molecule has 0 aromatic carbocycles. The molecule has 2 fully saturated rings. The first-order valence-electron chi connectivity index (χ1n) is 4.69. The maximum atomic E-state index is 11.5. The van der Waals surface area contributed by atoms with Crippen LogP contribution in [0.5, 0.6) is 0 Å². The van der Waals surface area contributed by atoms with E-state index < -0.39 is 15.4 Å². The summed E-state index contributed by atoms with van der Waals surface area (Å²) in [5.74, 6) is 0. The van der Waals surface area contributed by atoms with Crippen molar-refractivity contribution < 1.29 is 17.3 Å². The third kappa shape index (κ3) is 1.49. The van der Waals surface area contributed by atoms with Crippen molar-refractivity contribution in [2.75, 3.05) is 6.61 Å². The molecule has 76 valence electrons. The predicted octanol–water partition coefficient (Wildman–Crippen LogP) is 0.673. The Kier molecular flexibility index (Phi) is 2.33. The van der Waals surface area contributed by atoms with Crippen LogP contribution in [0.2, 0.25) is 0 Å². The second-order valence-electron chi connectivity index (χ2n) is 3.58. The highest BCUT2D eigenvalue weighted by Gasteiger charge is 2.51. The monoisotopic (exact) mass is 206 g/mol. The Morgan fingerprint density at radius 1 is 1.46 bits per heavy atom. The van der Waals surface area contributed by atoms with Crippen LogP contribution in [0.15, 0.2) is 0 Å². The van der Waals surface area contributed by atoms with E-state index in [1.807, 2.05) is 6.92 Å². The highest BCUT2D eigenvalue weighted by atomic mass is 32.2. The van der Waals surface area contributed by atoms with Gasteiger partial charge in [-0.25, -0.2) is 0 Å². The summed E-state index contributed by atoms with van der Waals surface area (Å²) in [6.07, 6.45) is 1.79. The smallest absolute Gasteiger partial charge is 0.273 e. The lowest BCUT2D eigenvalue weighted by Crippen LogP contribution is -2.29. The maximum Gasteiger partial charge on any atom is 0.273 e. The van der Waals surface area contributed by atoms with Crippen LogP contribution in [0.3, 0.4) is 0 Å². The van der Waals surface area contributed by atoms with E-state index >= 15 is 0 Å². The SMILES string of the molecule is CCCC1C2OCCC2OS1(=O)=O. The Labute approximate surface area is 78.3 Å². The van der Waals surface area contributed by atoms with Gasteiger partial charge in [0.15, 0.2) is 0 Å². The van der Waals surface area contributed by atoms with E-state index in [1.165, 1.54) is 0 Å². The Bertz CT molecular complexity index is 285. The maximum absolute atomic E-state index is 11.5. The fourth-order valence-corrected chi connectivity index (χ4v) is 3.84. The molecule has 0 radical (unpaired) electrons. The molecule has 2 rings (SSSR count). The molecule has 4 nitrogen and oxygen atoms in total. The normalized spacial score (nSPS) is 42.1. The van der Waals surface area contributed by atoms with E-state index in [0.717, 1.165) is 6.42 Å². The van der Waals surface area contributed by atoms with Crippen molar-refractivity contribution in [3.8, 4) is 0 Å². The van der Waals surface area contributed by atoms with E-state index in [9.17, 15) is 8.42 Å². The van der Waals surface area contributed by atoms with Crippen LogP contribution in [0.1, 0.15) is 26.2 Å². The zero-order chi connectivity index (χ0) is 9.47. The topological polar surface area (TPSA) is 52.6 Å². The van der Waals surface area contributed by atoms with E-state index in [4.69, 9.17) is 8.92 Å². The number of rotatable bonds is 2. The average Bonchev–Trinajstić information content (AvgIpc) is 2.53. The summed E-state index contributed by atoms with van der Waals surface area (Å²) in [5, 5.41) is -0.426. The van der Waals surface area contributed by atoms with E-state index in [0.29, 0.717) is 19.4 Å². The molecule has 0 aliphatic carbocycles. The van der Waals surface area contributed by atoms with Gasteiger partial charge in [0.05, 0.1) is 0 Å². The van der Waals surface area contributed by atoms with E-state index in [-0.39, 0.29) is 12.2 Å².